The molecular formula is C14H10F3N5OS. The van der Waals surface area contributed by atoms with Crippen molar-refractivity contribution >= 4 is 11.8 Å². The van der Waals surface area contributed by atoms with Crippen molar-refractivity contribution in [3.05, 3.63) is 58.3 Å². The molecule has 0 radical (unpaired) electrons. The van der Waals surface area contributed by atoms with E-state index >= 15 is 0 Å². The van der Waals surface area contributed by atoms with E-state index in [0.29, 0.717) is 17.6 Å². The van der Waals surface area contributed by atoms with E-state index in [4.69, 9.17) is 0 Å². The van der Waals surface area contributed by atoms with Crippen LogP contribution in [0.15, 0.2) is 46.6 Å². The summed E-state index contributed by atoms with van der Waals surface area (Å²) in [4.78, 5) is 20.0. The highest BCUT2D eigenvalue weighted by atomic mass is 32.2. The number of alkyl halides is 3. The van der Waals surface area contributed by atoms with Gasteiger partial charge in [-0.3, -0.25) is 4.79 Å². The summed E-state index contributed by atoms with van der Waals surface area (Å²) in [6, 6.07) is 7.72. The van der Waals surface area contributed by atoms with Crippen LogP contribution in [0.1, 0.15) is 11.3 Å². The Kier molecular flexibility index (Phi) is 4.38. The number of nitrogens with one attached hydrogen (secondary N) is 2. The molecule has 0 spiro atoms. The first-order valence-corrected chi connectivity index (χ1v) is 7.67. The Labute approximate surface area is 137 Å². The molecule has 124 valence electrons. The second kappa shape index (κ2) is 6.48. The van der Waals surface area contributed by atoms with Gasteiger partial charge in [0.2, 0.25) is 0 Å². The van der Waals surface area contributed by atoms with Crippen molar-refractivity contribution in [2.24, 2.45) is 0 Å². The summed E-state index contributed by atoms with van der Waals surface area (Å²) >= 11 is 1.01. The smallest absolute Gasteiger partial charge is 0.328 e. The first-order valence-electron chi connectivity index (χ1n) is 6.68. The number of halogens is 3. The zero-order valence-electron chi connectivity index (χ0n) is 12.0. The molecule has 3 rings (SSSR count). The summed E-state index contributed by atoms with van der Waals surface area (Å²) in [6.07, 6.45) is -3.20. The van der Waals surface area contributed by atoms with Crippen molar-refractivity contribution in [2.75, 3.05) is 0 Å². The number of H-pyrrole nitrogens is 2. The molecule has 0 saturated heterocycles. The molecule has 24 heavy (non-hydrogen) atoms. The van der Waals surface area contributed by atoms with Crippen molar-refractivity contribution in [1.82, 2.24) is 25.1 Å². The Morgan fingerprint density at radius 1 is 1.21 bits per heavy atom. The van der Waals surface area contributed by atoms with Gasteiger partial charge < -0.3 is 9.97 Å². The summed E-state index contributed by atoms with van der Waals surface area (Å²) in [5.41, 5.74) is -0.399. The Hall–Kier alpha value is -2.62. The molecule has 3 aromatic rings. The highest BCUT2D eigenvalue weighted by molar-refractivity contribution is 7.98. The molecule has 0 bridgehead atoms. The molecule has 0 aliphatic rings. The lowest BCUT2D eigenvalue weighted by Crippen LogP contribution is -2.16. The monoisotopic (exact) mass is 353 g/mol. The summed E-state index contributed by atoms with van der Waals surface area (Å²) in [5, 5.41) is 7.51. The van der Waals surface area contributed by atoms with E-state index in [9.17, 15) is 18.0 Å². The van der Waals surface area contributed by atoms with Gasteiger partial charge in [-0.1, -0.05) is 30.0 Å². The van der Waals surface area contributed by atoms with Crippen LogP contribution >= 0.6 is 11.8 Å². The average Bonchev–Trinajstić information content (AvgIpc) is 3.06. The SMILES string of the molecule is O=c1cc(C(F)(F)F)nc(SCc2cccc(-c3nnc[nH]3)c2)[nH]1. The number of thioether (sulfide) groups is 1. The topological polar surface area (TPSA) is 87.3 Å². The molecule has 10 heteroatoms. The van der Waals surface area contributed by atoms with Crippen LogP contribution in [0.2, 0.25) is 0 Å². The van der Waals surface area contributed by atoms with Crippen LogP contribution < -0.4 is 5.56 Å². The average molecular weight is 353 g/mol. The molecule has 0 fully saturated rings. The molecule has 1 aromatic carbocycles. The maximum atomic E-state index is 12.7. The van der Waals surface area contributed by atoms with E-state index in [-0.39, 0.29) is 5.16 Å². The number of nitrogens with zero attached hydrogens (tertiary/aromatic N) is 3. The van der Waals surface area contributed by atoms with Crippen LogP contribution in [0.4, 0.5) is 13.2 Å². The standard InChI is InChI=1S/C14H10F3N5OS/c15-14(16,17)10-5-11(23)21-13(20-10)24-6-8-2-1-3-9(4-8)12-18-7-19-22-12/h1-5,7H,6H2,(H,18,19,22)(H,20,21,23). The van der Waals surface area contributed by atoms with Gasteiger partial charge in [-0.2, -0.15) is 13.2 Å². The minimum absolute atomic E-state index is 0.0834. The molecule has 0 aliphatic heterocycles. The largest absolute Gasteiger partial charge is 0.433 e. The van der Waals surface area contributed by atoms with Crippen molar-refractivity contribution in [3.8, 4) is 11.4 Å². The van der Waals surface area contributed by atoms with Crippen LogP contribution in [0.3, 0.4) is 0 Å². The summed E-state index contributed by atoms with van der Waals surface area (Å²) in [5.74, 6) is 0.930. The van der Waals surface area contributed by atoms with E-state index < -0.39 is 17.4 Å². The van der Waals surface area contributed by atoms with Crippen LogP contribution in [0, 0.1) is 0 Å². The second-order valence-electron chi connectivity index (χ2n) is 4.76. The molecule has 0 unspecified atom stereocenters. The van der Waals surface area contributed by atoms with Crippen molar-refractivity contribution < 1.29 is 13.2 Å². The normalized spacial score (nSPS) is 11.6. The fourth-order valence-electron chi connectivity index (χ4n) is 1.96. The molecule has 0 saturated carbocycles. The van der Waals surface area contributed by atoms with Gasteiger partial charge in [0.25, 0.3) is 5.56 Å². The number of aromatic nitrogens is 5. The molecular weight excluding hydrogens is 343 g/mol. The molecule has 0 amide bonds. The third-order valence-electron chi connectivity index (χ3n) is 3.00. The third kappa shape index (κ3) is 3.82. The minimum Gasteiger partial charge on any atom is -0.328 e. The number of hydrogen-bond acceptors (Lipinski definition) is 5. The van der Waals surface area contributed by atoms with Gasteiger partial charge in [0.15, 0.2) is 16.7 Å². The first-order chi connectivity index (χ1) is 11.4. The lowest BCUT2D eigenvalue weighted by Gasteiger charge is -2.07. The van der Waals surface area contributed by atoms with Gasteiger partial charge in [0.1, 0.15) is 6.33 Å². The lowest BCUT2D eigenvalue weighted by atomic mass is 10.1. The van der Waals surface area contributed by atoms with Gasteiger partial charge in [-0.15, -0.1) is 10.2 Å². The first kappa shape index (κ1) is 16.2. The van der Waals surface area contributed by atoms with Gasteiger partial charge in [0.05, 0.1) is 0 Å². The minimum atomic E-state index is -4.66. The third-order valence-corrected chi connectivity index (χ3v) is 3.95. The molecule has 0 aliphatic carbocycles. The Morgan fingerprint density at radius 3 is 2.75 bits per heavy atom. The van der Waals surface area contributed by atoms with Crippen molar-refractivity contribution in [1.29, 1.82) is 0 Å². The summed E-state index contributed by atoms with van der Waals surface area (Å²) in [7, 11) is 0. The van der Waals surface area contributed by atoms with E-state index in [1.54, 1.807) is 6.07 Å². The Morgan fingerprint density at radius 2 is 2.04 bits per heavy atom. The molecule has 6 nitrogen and oxygen atoms in total. The van der Waals surface area contributed by atoms with Crippen LogP contribution in [-0.2, 0) is 11.9 Å². The van der Waals surface area contributed by atoms with Gasteiger partial charge in [0, 0.05) is 17.4 Å². The highest BCUT2D eigenvalue weighted by Gasteiger charge is 2.33. The predicted octanol–water partition coefficient (Wildman–Crippen LogP) is 2.87. The lowest BCUT2D eigenvalue weighted by molar-refractivity contribution is -0.141. The van der Waals surface area contributed by atoms with Gasteiger partial charge >= 0.3 is 6.18 Å². The zero-order chi connectivity index (χ0) is 17.2. The van der Waals surface area contributed by atoms with E-state index in [1.807, 2.05) is 18.2 Å². The van der Waals surface area contributed by atoms with Crippen molar-refractivity contribution in [3.63, 3.8) is 0 Å². The fourth-order valence-corrected chi connectivity index (χ4v) is 2.77. The summed E-state index contributed by atoms with van der Waals surface area (Å²) < 4.78 is 38.0. The van der Waals surface area contributed by atoms with Gasteiger partial charge in [-0.05, 0) is 11.6 Å². The van der Waals surface area contributed by atoms with E-state index in [0.717, 1.165) is 22.9 Å². The number of aromatic amines is 2. The quantitative estimate of drug-likeness (QED) is 0.556. The molecule has 2 N–H and O–H groups in total. The summed E-state index contributed by atoms with van der Waals surface area (Å²) in [6.45, 7) is 0. The highest BCUT2D eigenvalue weighted by Crippen LogP contribution is 2.28. The van der Waals surface area contributed by atoms with Crippen LogP contribution in [0.25, 0.3) is 11.4 Å². The van der Waals surface area contributed by atoms with E-state index in [2.05, 4.69) is 25.1 Å². The van der Waals surface area contributed by atoms with E-state index in [1.165, 1.54) is 6.33 Å². The second-order valence-corrected chi connectivity index (χ2v) is 5.72. The number of hydrogen-bond donors (Lipinski definition) is 2. The zero-order valence-corrected chi connectivity index (χ0v) is 12.8. The van der Waals surface area contributed by atoms with Crippen LogP contribution in [-0.4, -0.2) is 25.1 Å². The van der Waals surface area contributed by atoms with Gasteiger partial charge in [-0.25, -0.2) is 4.98 Å². The van der Waals surface area contributed by atoms with Crippen molar-refractivity contribution in [2.45, 2.75) is 17.1 Å². The molecule has 2 aromatic heterocycles. The van der Waals surface area contributed by atoms with Crippen LogP contribution in [0.5, 0.6) is 0 Å². The maximum absolute atomic E-state index is 12.7. The Bertz CT molecular complexity index is 892. The fraction of sp³-hybridized carbons (Fsp3) is 0.143. The Balaban J connectivity index is 1.78. The molecule has 0 atom stereocenters. The maximum Gasteiger partial charge on any atom is 0.433 e. The predicted molar refractivity (Wildman–Crippen MR) is 81.2 cm³/mol. The number of rotatable bonds is 4. The number of benzene rings is 1. The molecule has 2 heterocycles.